The molecule has 2 rings (SSSR count). The molecule has 1 atom stereocenters. The first-order valence-corrected chi connectivity index (χ1v) is 7.43. The standard InChI is InChI=1S/C15H16ClN5O3/c1-10(14(23)20-12-5-4-11(16)8-19-12)24-13(22)9-21(2)15-17-6-3-7-18-15/h3-8,10H,9H2,1-2H3,(H,19,20,23)/t10-/m0/s1. The minimum atomic E-state index is -0.972. The molecular weight excluding hydrogens is 334 g/mol. The summed E-state index contributed by atoms with van der Waals surface area (Å²) in [5.41, 5.74) is 0. The first kappa shape index (κ1) is 17.6. The molecule has 2 aromatic heterocycles. The number of aromatic nitrogens is 3. The number of amides is 1. The summed E-state index contributed by atoms with van der Waals surface area (Å²) in [6.45, 7) is 1.39. The van der Waals surface area contributed by atoms with Crippen LogP contribution in [0.25, 0.3) is 0 Å². The highest BCUT2D eigenvalue weighted by Crippen LogP contribution is 2.10. The van der Waals surface area contributed by atoms with Gasteiger partial charge in [-0.2, -0.15) is 0 Å². The molecule has 0 aliphatic carbocycles. The Hall–Kier alpha value is -2.74. The quantitative estimate of drug-likeness (QED) is 0.790. The monoisotopic (exact) mass is 349 g/mol. The van der Waals surface area contributed by atoms with Crippen LogP contribution >= 0.6 is 11.6 Å². The first-order valence-electron chi connectivity index (χ1n) is 7.06. The second-order valence-corrected chi connectivity index (χ2v) is 5.32. The van der Waals surface area contributed by atoms with Gasteiger partial charge in [-0.3, -0.25) is 9.59 Å². The van der Waals surface area contributed by atoms with E-state index in [-0.39, 0.29) is 6.54 Å². The molecular formula is C15H16ClN5O3. The first-order chi connectivity index (χ1) is 11.5. The smallest absolute Gasteiger partial charge is 0.326 e. The fourth-order valence-electron chi connectivity index (χ4n) is 1.72. The van der Waals surface area contributed by atoms with Crippen molar-refractivity contribution in [2.45, 2.75) is 13.0 Å². The van der Waals surface area contributed by atoms with E-state index < -0.39 is 18.0 Å². The molecule has 0 aromatic carbocycles. The van der Waals surface area contributed by atoms with Crippen molar-refractivity contribution in [2.75, 3.05) is 23.8 Å². The SMILES string of the molecule is C[C@H](OC(=O)CN(C)c1ncccn1)C(=O)Nc1ccc(Cl)cn1. The highest BCUT2D eigenvalue weighted by Gasteiger charge is 2.19. The molecule has 0 unspecified atom stereocenters. The van der Waals surface area contributed by atoms with Gasteiger partial charge in [-0.25, -0.2) is 15.0 Å². The number of hydrogen-bond donors (Lipinski definition) is 1. The van der Waals surface area contributed by atoms with Crippen LogP contribution in [0.2, 0.25) is 5.02 Å². The zero-order chi connectivity index (χ0) is 17.5. The second-order valence-electron chi connectivity index (χ2n) is 4.89. The van der Waals surface area contributed by atoms with Gasteiger partial charge in [0.1, 0.15) is 12.4 Å². The molecule has 1 N–H and O–H groups in total. The topological polar surface area (TPSA) is 97.3 Å². The molecule has 0 aliphatic heterocycles. The molecule has 0 aliphatic rings. The van der Waals surface area contributed by atoms with Crippen molar-refractivity contribution in [2.24, 2.45) is 0 Å². The minimum absolute atomic E-state index is 0.0825. The zero-order valence-electron chi connectivity index (χ0n) is 13.1. The molecule has 0 fully saturated rings. The van der Waals surface area contributed by atoms with E-state index in [9.17, 15) is 9.59 Å². The maximum Gasteiger partial charge on any atom is 0.326 e. The van der Waals surface area contributed by atoms with Crippen LogP contribution < -0.4 is 10.2 Å². The number of pyridine rings is 1. The van der Waals surface area contributed by atoms with Crippen LogP contribution in [0.5, 0.6) is 0 Å². The van der Waals surface area contributed by atoms with Crippen molar-refractivity contribution < 1.29 is 14.3 Å². The highest BCUT2D eigenvalue weighted by molar-refractivity contribution is 6.30. The van der Waals surface area contributed by atoms with Gasteiger partial charge in [0, 0.05) is 25.6 Å². The Morgan fingerprint density at radius 3 is 2.62 bits per heavy atom. The number of halogens is 1. The Morgan fingerprint density at radius 1 is 1.29 bits per heavy atom. The molecule has 0 spiro atoms. The van der Waals surface area contributed by atoms with Gasteiger partial charge in [0.15, 0.2) is 6.10 Å². The lowest BCUT2D eigenvalue weighted by atomic mass is 10.3. The number of nitrogens with one attached hydrogen (secondary N) is 1. The van der Waals surface area contributed by atoms with Crippen LogP contribution in [0, 0.1) is 0 Å². The van der Waals surface area contributed by atoms with Gasteiger partial charge < -0.3 is 15.0 Å². The summed E-state index contributed by atoms with van der Waals surface area (Å²) in [5.74, 6) is -0.354. The maximum atomic E-state index is 12.0. The number of hydrogen-bond acceptors (Lipinski definition) is 7. The number of likely N-dealkylation sites (N-methyl/N-ethyl adjacent to an activating group) is 1. The van der Waals surface area contributed by atoms with Gasteiger partial charge in [0.05, 0.1) is 5.02 Å². The normalized spacial score (nSPS) is 11.5. The second kappa shape index (κ2) is 8.21. The molecule has 0 saturated carbocycles. The van der Waals surface area contributed by atoms with E-state index in [1.54, 1.807) is 37.6 Å². The molecule has 24 heavy (non-hydrogen) atoms. The van der Waals surface area contributed by atoms with E-state index in [0.29, 0.717) is 16.8 Å². The average Bonchev–Trinajstić information content (AvgIpc) is 2.57. The van der Waals surface area contributed by atoms with E-state index in [2.05, 4.69) is 20.3 Å². The van der Waals surface area contributed by atoms with Crippen molar-refractivity contribution in [1.29, 1.82) is 0 Å². The van der Waals surface area contributed by atoms with Gasteiger partial charge in [-0.1, -0.05) is 11.6 Å². The Kier molecular flexibility index (Phi) is 6.02. The minimum Gasteiger partial charge on any atom is -0.451 e. The van der Waals surface area contributed by atoms with Crippen LogP contribution in [-0.2, 0) is 14.3 Å². The molecule has 1 amide bonds. The van der Waals surface area contributed by atoms with Crippen molar-refractivity contribution in [3.63, 3.8) is 0 Å². The molecule has 9 heteroatoms. The number of anilines is 2. The third kappa shape index (κ3) is 5.17. The number of rotatable bonds is 6. The number of carbonyl (C=O) groups excluding carboxylic acids is 2. The third-order valence-corrected chi connectivity index (χ3v) is 3.14. The predicted molar refractivity (Wildman–Crippen MR) is 88.7 cm³/mol. The van der Waals surface area contributed by atoms with E-state index in [4.69, 9.17) is 16.3 Å². The number of ether oxygens (including phenoxy) is 1. The molecule has 0 bridgehead atoms. The fraction of sp³-hybridized carbons (Fsp3) is 0.267. The molecule has 8 nitrogen and oxygen atoms in total. The van der Waals surface area contributed by atoms with Crippen molar-refractivity contribution in [1.82, 2.24) is 15.0 Å². The van der Waals surface area contributed by atoms with Gasteiger partial charge in [-0.15, -0.1) is 0 Å². The van der Waals surface area contributed by atoms with Gasteiger partial charge in [-0.05, 0) is 25.1 Å². The summed E-state index contributed by atoms with van der Waals surface area (Å²) < 4.78 is 5.10. The molecule has 126 valence electrons. The van der Waals surface area contributed by atoms with Crippen molar-refractivity contribution in [3.8, 4) is 0 Å². The van der Waals surface area contributed by atoms with Crippen LogP contribution in [-0.4, -0.2) is 46.5 Å². The van der Waals surface area contributed by atoms with Crippen molar-refractivity contribution in [3.05, 3.63) is 41.8 Å². The summed E-state index contributed by atoms with van der Waals surface area (Å²) in [6.07, 6.45) is 3.57. The van der Waals surface area contributed by atoms with Crippen LogP contribution in [0.3, 0.4) is 0 Å². The number of esters is 1. The predicted octanol–water partition coefficient (Wildman–Crippen LogP) is 1.53. The van der Waals surface area contributed by atoms with Crippen LogP contribution in [0.15, 0.2) is 36.8 Å². The van der Waals surface area contributed by atoms with E-state index >= 15 is 0 Å². The molecule has 2 aromatic rings. The van der Waals surface area contributed by atoms with Gasteiger partial charge >= 0.3 is 5.97 Å². The van der Waals surface area contributed by atoms with Gasteiger partial charge in [0.25, 0.3) is 5.91 Å². The molecule has 2 heterocycles. The van der Waals surface area contributed by atoms with Crippen molar-refractivity contribution >= 4 is 35.2 Å². The third-order valence-electron chi connectivity index (χ3n) is 2.92. The lowest BCUT2D eigenvalue weighted by Gasteiger charge is -2.18. The van der Waals surface area contributed by atoms with E-state index in [1.807, 2.05) is 0 Å². The summed E-state index contributed by atoms with van der Waals surface area (Å²) in [7, 11) is 1.65. The maximum absolute atomic E-state index is 12.0. The number of nitrogens with zero attached hydrogens (tertiary/aromatic N) is 4. The lowest BCUT2D eigenvalue weighted by molar-refractivity contribution is -0.151. The molecule has 0 radical (unpaired) electrons. The Morgan fingerprint density at radius 2 is 2.00 bits per heavy atom. The highest BCUT2D eigenvalue weighted by atomic mass is 35.5. The largest absolute Gasteiger partial charge is 0.451 e. The fourth-order valence-corrected chi connectivity index (χ4v) is 1.83. The summed E-state index contributed by atoms with van der Waals surface area (Å²) >= 11 is 5.72. The van der Waals surface area contributed by atoms with Crippen LogP contribution in [0.1, 0.15) is 6.92 Å². The number of carbonyl (C=O) groups is 2. The van der Waals surface area contributed by atoms with Crippen LogP contribution in [0.4, 0.5) is 11.8 Å². The summed E-state index contributed by atoms with van der Waals surface area (Å²) in [5, 5.41) is 2.99. The van der Waals surface area contributed by atoms with E-state index in [1.165, 1.54) is 18.0 Å². The average molecular weight is 350 g/mol. The Labute approximate surface area is 143 Å². The molecule has 0 saturated heterocycles. The summed E-state index contributed by atoms with van der Waals surface area (Å²) in [6, 6.07) is 4.82. The Bertz CT molecular complexity index is 696. The lowest BCUT2D eigenvalue weighted by Crippen LogP contribution is -2.35. The van der Waals surface area contributed by atoms with Gasteiger partial charge in [0.2, 0.25) is 5.95 Å². The van der Waals surface area contributed by atoms with E-state index in [0.717, 1.165) is 0 Å². The zero-order valence-corrected chi connectivity index (χ0v) is 13.9. The summed E-state index contributed by atoms with van der Waals surface area (Å²) in [4.78, 5) is 37.4. The Balaban J connectivity index is 1.84.